The first kappa shape index (κ1) is 13.4. The molecule has 2 rings (SSSR count). The molecule has 0 aliphatic carbocycles. The number of hydrogen-bond acceptors (Lipinski definition) is 3. The first-order chi connectivity index (χ1) is 9.10. The number of rotatable bonds is 3. The summed E-state index contributed by atoms with van der Waals surface area (Å²) in [5, 5.41) is 0.555. The molecule has 0 aliphatic rings. The lowest BCUT2D eigenvalue weighted by Gasteiger charge is -2.10. The highest BCUT2D eigenvalue weighted by atomic mass is 35.5. The van der Waals surface area contributed by atoms with Gasteiger partial charge >= 0.3 is 5.97 Å². The van der Waals surface area contributed by atoms with E-state index in [1.54, 1.807) is 24.3 Å². The van der Waals surface area contributed by atoms with Crippen LogP contribution in [0.3, 0.4) is 0 Å². The summed E-state index contributed by atoms with van der Waals surface area (Å²) < 4.78 is 23.3. The Morgan fingerprint density at radius 2 is 1.84 bits per heavy atom. The molecule has 0 fully saturated rings. The fourth-order valence-electron chi connectivity index (χ4n) is 1.49. The predicted octanol–water partition coefficient (Wildman–Crippen LogP) is 4.06. The standard InChI is InChI=1S/C14H10ClFO3/c1-18-14(17)12-7-4-10(16)8-13(12)19-11-5-2-9(15)3-6-11/h2-8H,1H3. The second-order valence-electron chi connectivity index (χ2n) is 3.69. The molecule has 98 valence electrons. The van der Waals surface area contributed by atoms with E-state index in [1.165, 1.54) is 19.2 Å². The first-order valence-corrected chi connectivity index (χ1v) is 5.79. The van der Waals surface area contributed by atoms with Crippen LogP contribution < -0.4 is 4.74 Å². The van der Waals surface area contributed by atoms with Crippen LogP contribution in [-0.2, 0) is 4.74 Å². The van der Waals surface area contributed by atoms with Gasteiger partial charge in [0.2, 0.25) is 0 Å². The number of carbonyl (C=O) groups excluding carboxylic acids is 1. The van der Waals surface area contributed by atoms with Crippen molar-refractivity contribution in [2.24, 2.45) is 0 Å². The summed E-state index contributed by atoms with van der Waals surface area (Å²) in [6.45, 7) is 0. The second-order valence-corrected chi connectivity index (χ2v) is 4.12. The third-order valence-electron chi connectivity index (χ3n) is 2.39. The van der Waals surface area contributed by atoms with Gasteiger partial charge in [-0.15, -0.1) is 0 Å². The quantitative estimate of drug-likeness (QED) is 0.796. The lowest BCUT2D eigenvalue weighted by atomic mass is 10.2. The number of benzene rings is 2. The van der Waals surface area contributed by atoms with E-state index < -0.39 is 11.8 Å². The van der Waals surface area contributed by atoms with Gasteiger partial charge in [0.15, 0.2) is 0 Å². The number of methoxy groups -OCH3 is 1. The van der Waals surface area contributed by atoms with Crippen molar-refractivity contribution >= 4 is 17.6 Å². The van der Waals surface area contributed by atoms with Gasteiger partial charge in [-0.2, -0.15) is 0 Å². The summed E-state index contributed by atoms with van der Waals surface area (Å²) in [6, 6.07) is 10.1. The van der Waals surface area contributed by atoms with E-state index in [1.807, 2.05) is 0 Å². The van der Waals surface area contributed by atoms with Gasteiger partial charge in [0.1, 0.15) is 22.9 Å². The molecule has 0 radical (unpaired) electrons. The lowest BCUT2D eigenvalue weighted by Crippen LogP contribution is -2.04. The topological polar surface area (TPSA) is 35.5 Å². The number of carbonyl (C=O) groups is 1. The lowest BCUT2D eigenvalue weighted by molar-refractivity contribution is 0.0598. The van der Waals surface area contributed by atoms with Crippen LogP contribution in [0.4, 0.5) is 4.39 Å². The molecule has 0 heterocycles. The predicted molar refractivity (Wildman–Crippen MR) is 69.3 cm³/mol. The van der Waals surface area contributed by atoms with Gasteiger partial charge in [0, 0.05) is 11.1 Å². The Morgan fingerprint density at radius 3 is 2.47 bits per heavy atom. The van der Waals surface area contributed by atoms with Crippen LogP contribution in [0.25, 0.3) is 0 Å². The van der Waals surface area contributed by atoms with Crippen molar-refractivity contribution in [3.05, 3.63) is 58.9 Å². The van der Waals surface area contributed by atoms with Crippen molar-refractivity contribution < 1.29 is 18.7 Å². The van der Waals surface area contributed by atoms with Gasteiger partial charge in [-0.1, -0.05) is 11.6 Å². The van der Waals surface area contributed by atoms with Gasteiger partial charge < -0.3 is 9.47 Å². The normalized spacial score (nSPS) is 10.1. The summed E-state index contributed by atoms with van der Waals surface area (Å²) in [7, 11) is 1.25. The number of ether oxygens (including phenoxy) is 2. The maximum absolute atomic E-state index is 13.2. The van der Waals surface area contributed by atoms with E-state index in [2.05, 4.69) is 4.74 Å². The van der Waals surface area contributed by atoms with E-state index in [4.69, 9.17) is 16.3 Å². The van der Waals surface area contributed by atoms with Crippen LogP contribution in [0.15, 0.2) is 42.5 Å². The molecule has 0 atom stereocenters. The highest BCUT2D eigenvalue weighted by molar-refractivity contribution is 6.30. The van der Waals surface area contributed by atoms with Crippen LogP contribution >= 0.6 is 11.6 Å². The molecular weight excluding hydrogens is 271 g/mol. The molecule has 3 nitrogen and oxygen atoms in total. The van der Waals surface area contributed by atoms with E-state index in [0.29, 0.717) is 10.8 Å². The van der Waals surface area contributed by atoms with Crippen LogP contribution in [0.5, 0.6) is 11.5 Å². The Balaban J connectivity index is 2.35. The number of esters is 1. The van der Waals surface area contributed by atoms with Gasteiger partial charge in [-0.25, -0.2) is 9.18 Å². The van der Waals surface area contributed by atoms with Crippen LogP contribution in [0.2, 0.25) is 5.02 Å². The highest BCUT2D eigenvalue weighted by Crippen LogP contribution is 2.27. The third kappa shape index (κ3) is 3.23. The Kier molecular flexibility index (Phi) is 4.02. The SMILES string of the molecule is COC(=O)c1ccc(F)cc1Oc1ccc(Cl)cc1. The average molecular weight is 281 g/mol. The van der Waals surface area contributed by atoms with Crippen LogP contribution in [-0.4, -0.2) is 13.1 Å². The van der Waals surface area contributed by atoms with Crippen LogP contribution in [0.1, 0.15) is 10.4 Å². The zero-order valence-corrected chi connectivity index (χ0v) is 10.8. The maximum Gasteiger partial charge on any atom is 0.341 e. The molecule has 0 saturated carbocycles. The smallest absolute Gasteiger partial charge is 0.341 e. The molecule has 2 aromatic carbocycles. The minimum atomic E-state index is -0.594. The van der Waals surface area contributed by atoms with Gasteiger partial charge in [0.25, 0.3) is 0 Å². The van der Waals surface area contributed by atoms with Crippen molar-refractivity contribution in [3.8, 4) is 11.5 Å². The average Bonchev–Trinajstić information content (AvgIpc) is 2.41. The minimum absolute atomic E-state index is 0.0918. The van der Waals surface area contributed by atoms with Crippen molar-refractivity contribution in [2.45, 2.75) is 0 Å². The van der Waals surface area contributed by atoms with Crippen LogP contribution in [0, 0.1) is 5.82 Å². The summed E-state index contributed by atoms with van der Waals surface area (Å²) in [5.41, 5.74) is 0.152. The minimum Gasteiger partial charge on any atom is -0.465 e. The molecular formula is C14H10ClFO3. The number of halogens is 2. The Hall–Kier alpha value is -2.07. The molecule has 0 unspecified atom stereocenters. The van der Waals surface area contributed by atoms with Gasteiger partial charge in [0.05, 0.1) is 7.11 Å². The zero-order chi connectivity index (χ0) is 13.8. The Morgan fingerprint density at radius 1 is 1.16 bits per heavy atom. The van der Waals surface area contributed by atoms with E-state index in [9.17, 15) is 9.18 Å². The van der Waals surface area contributed by atoms with E-state index >= 15 is 0 Å². The molecule has 0 amide bonds. The molecule has 0 saturated heterocycles. The third-order valence-corrected chi connectivity index (χ3v) is 2.64. The summed E-state index contributed by atoms with van der Waals surface area (Å²) >= 11 is 5.75. The number of hydrogen-bond donors (Lipinski definition) is 0. The molecule has 0 spiro atoms. The van der Waals surface area contributed by atoms with Crippen molar-refractivity contribution in [2.75, 3.05) is 7.11 Å². The molecule has 5 heteroatoms. The van der Waals surface area contributed by atoms with E-state index in [0.717, 1.165) is 6.07 Å². The Labute approximate surface area is 114 Å². The van der Waals surface area contributed by atoms with Crippen molar-refractivity contribution in [1.29, 1.82) is 0 Å². The van der Waals surface area contributed by atoms with Crippen molar-refractivity contribution in [1.82, 2.24) is 0 Å². The second kappa shape index (κ2) is 5.71. The van der Waals surface area contributed by atoms with Crippen molar-refractivity contribution in [3.63, 3.8) is 0 Å². The molecule has 0 bridgehead atoms. The summed E-state index contributed by atoms with van der Waals surface area (Å²) in [6.07, 6.45) is 0. The van der Waals surface area contributed by atoms with Gasteiger partial charge in [-0.05, 0) is 36.4 Å². The maximum atomic E-state index is 13.2. The first-order valence-electron chi connectivity index (χ1n) is 5.41. The zero-order valence-electron chi connectivity index (χ0n) is 10.0. The van der Waals surface area contributed by atoms with Gasteiger partial charge in [-0.3, -0.25) is 0 Å². The summed E-state index contributed by atoms with van der Waals surface area (Å²) in [4.78, 5) is 11.5. The monoisotopic (exact) mass is 280 g/mol. The molecule has 0 aromatic heterocycles. The largest absolute Gasteiger partial charge is 0.465 e. The van der Waals surface area contributed by atoms with E-state index in [-0.39, 0.29) is 11.3 Å². The fraction of sp³-hybridized carbons (Fsp3) is 0.0714. The highest BCUT2D eigenvalue weighted by Gasteiger charge is 2.14. The molecule has 0 N–H and O–H groups in total. The molecule has 19 heavy (non-hydrogen) atoms. The summed E-state index contributed by atoms with van der Waals surface area (Å²) in [5.74, 6) is -0.560. The molecule has 0 aliphatic heterocycles. The Bertz CT molecular complexity index is 596. The fourth-order valence-corrected chi connectivity index (χ4v) is 1.61. The molecule has 2 aromatic rings.